The molecule has 0 amide bonds. The maximum Gasteiger partial charge on any atom is 0.387 e. The zero-order valence-electron chi connectivity index (χ0n) is 11.7. The summed E-state index contributed by atoms with van der Waals surface area (Å²) in [6.07, 6.45) is 4.05. The Labute approximate surface area is 131 Å². The van der Waals surface area contributed by atoms with E-state index in [0.717, 1.165) is 37.1 Å². The molecule has 0 saturated carbocycles. The molecule has 1 aliphatic carbocycles. The molecule has 1 aromatic heterocycles. The summed E-state index contributed by atoms with van der Waals surface area (Å²) in [7, 11) is 0. The van der Waals surface area contributed by atoms with Gasteiger partial charge in [-0.2, -0.15) is 8.78 Å². The quantitative estimate of drug-likeness (QED) is 0.882. The van der Waals surface area contributed by atoms with Crippen molar-refractivity contribution in [3.05, 3.63) is 40.6 Å². The first-order chi connectivity index (χ1) is 10.6. The van der Waals surface area contributed by atoms with Crippen LogP contribution in [-0.4, -0.2) is 11.6 Å². The third-order valence-electron chi connectivity index (χ3n) is 3.49. The Balaban J connectivity index is 1.73. The summed E-state index contributed by atoms with van der Waals surface area (Å²) in [6, 6.07) is 4.77. The monoisotopic (exact) mass is 328 g/mol. The van der Waals surface area contributed by atoms with Crippen molar-refractivity contribution in [2.24, 2.45) is 0 Å². The largest absolute Gasteiger partial charge is 0.443 e. The van der Waals surface area contributed by atoms with Crippen LogP contribution in [0.25, 0.3) is 0 Å². The lowest BCUT2D eigenvalue weighted by Crippen LogP contribution is -2.07. The highest BCUT2D eigenvalue weighted by Gasteiger charge is 2.18. The number of nitrogens with zero attached hydrogens (tertiary/aromatic N) is 1. The van der Waals surface area contributed by atoms with Gasteiger partial charge in [-0.3, -0.25) is 0 Å². The van der Waals surface area contributed by atoms with Crippen molar-refractivity contribution in [3.8, 4) is 5.75 Å². The van der Waals surface area contributed by atoms with Gasteiger partial charge in [0, 0.05) is 6.42 Å². The van der Waals surface area contributed by atoms with Crippen LogP contribution < -0.4 is 10.1 Å². The van der Waals surface area contributed by atoms with Crippen molar-refractivity contribution in [1.82, 2.24) is 4.98 Å². The number of para-hydroxylation sites is 1. The number of benzene rings is 1. The van der Waals surface area contributed by atoms with Gasteiger partial charge in [0.1, 0.15) is 5.76 Å². The number of ether oxygens (including phenoxy) is 1. The molecule has 0 spiro atoms. The van der Waals surface area contributed by atoms with E-state index in [9.17, 15) is 8.78 Å². The summed E-state index contributed by atoms with van der Waals surface area (Å²) in [5.74, 6) is 1.39. The normalized spacial score (nSPS) is 14.0. The molecule has 1 aliphatic rings. The highest BCUT2D eigenvalue weighted by Crippen LogP contribution is 2.34. The van der Waals surface area contributed by atoms with E-state index >= 15 is 0 Å². The summed E-state index contributed by atoms with van der Waals surface area (Å²) in [5.41, 5.74) is 1.38. The first-order valence-electron chi connectivity index (χ1n) is 7.08. The fourth-order valence-electron chi connectivity index (χ4n) is 2.51. The molecule has 2 aromatic rings. The fourth-order valence-corrected chi connectivity index (χ4v) is 2.73. The Kier molecular flexibility index (Phi) is 4.47. The molecule has 118 valence electrons. The molecule has 3 rings (SSSR count). The molecule has 0 aliphatic heterocycles. The predicted octanol–water partition coefficient (Wildman–Crippen LogP) is 4.42. The second-order valence-electron chi connectivity index (χ2n) is 5.03. The number of rotatable bonds is 5. The second-order valence-corrected chi connectivity index (χ2v) is 5.44. The smallest absolute Gasteiger partial charge is 0.387 e. The standard InChI is InChI=1S/C15H15ClF2N2O2/c16-9-4-3-6-11(14(9)22-15(17)18)19-8-13-20-10-5-1-2-7-12(10)21-13/h3-4,6,15,19H,1-2,5,7-8H2. The van der Waals surface area contributed by atoms with E-state index in [0.29, 0.717) is 11.6 Å². The lowest BCUT2D eigenvalue weighted by atomic mass is 10.0. The van der Waals surface area contributed by atoms with E-state index in [4.69, 9.17) is 16.0 Å². The van der Waals surface area contributed by atoms with Gasteiger partial charge in [-0.05, 0) is 31.4 Å². The molecule has 0 saturated heterocycles. The van der Waals surface area contributed by atoms with E-state index < -0.39 is 6.61 Å². The molecule has 1 aromatic carbocycles. The van der Waals surface area contributed by atoms with Gasteiger partial charge in [-0.25, -0.2) is 4.98 Å². The van der Waals surface area contributed by atoms with Crippen molar-refractivity contribution in [2.75, 3.05) is 5.32 Å². The van der Waals surface area contributed by atoms with Crippen molar-refractivity contribution in [3.63, 3.8) is 0 Å². The van der Waals surface area contributed by atoms with Crippen LogP contribution in [0.3, 0.4) is 0 Å². The Morgan fingerprint density at radius 1 is 1.32 bits per heavy atom. The van der Waals surface area contributed by atoms with Crippen LogP contribution >= 0.6 is 11.6 Å². The molecule has 1 N–H and O–H groups in total. The van der Waals surface area contributed by atoms with E-state index in [-0.39, 0.29) is 17.3 Å². The maximum atomic E-state index is 12.5. The van der Waals surface area contributed by atoms with Crippen molar-refractivity contribution >= 4 is 17.3 Å². The summed E-state index contributed by atoms with van der Waals surface area (Å²) in [5, 5.41) is 3.11. The minimum atomic E-state index is -2.94. The number of hydrogen-bond acceptors (Lipinski definition) is 4. The van der Waals surface area contributed by atoms with Gasteiger partial charge in [-0.15, -0.1) is 0 Å². The van der Waals surface area contributed by atoms with E-state index in [2.05, 4.69) is 15.0 Å². The van der Waals surface area contributed by atoms with E-state index in [1.165, 1.54) is 6.07 Å². The molecular formula is C15H15ClF2N2O2. The number of hydrogen-bond donors (Lipinski definition) is 1. The molecule has 0 unspecified atom stereocenters. The van der Waals surface area contributed by atoms with Gasteiger partial charge in [0.25, 0.3) is 0 Å². The number of halogens is 3. The number of aryl methyl sites for hydroxylation is 2. The Bertz CT molecular complexity index is 637. The zero-order valence-corrected chi connectivity index (χ0v) is 12.5. The van der Waals surface area contributed by atoms with Crippen molar-refractivity contribution in [2.45, 2.75) is 38.8 Å². The average molecular weight is 329 g/mol. The fraction of sp³-hybridized carbons (Fsp3) is 0.400. The van der Waals surface area contributed by atoms with Crippen LogP contribution in [0, 0.1) is 0 Å². The molecular weight excluding hydrogens is 314 g/mol. The van der Waals surface area contributed by atoms with Gasteiger partial charge >= 0.3 is 6.61 Å². The average Bonchev–Trinajstić information content (AvgIpc) is 2.90. The van der Waals surface area contributed by atoms with Gasteiger partial charge in [0.05, 0.1) is 22.9 Å². The van der Waals surface area contributed by atoms with Gasteiger partial charge in [0.15, 0.2) is 5.75 Å². The Morgan fingerprint density at radius 3 is 2.91 bits per heavy atom. The first-order valence-corrected chi connectivity index (χ1v) is 7.46. The number of nitrogens with one attached hydrogen (secondary N) is 1. The lowest BCUT2D eigenvalue weighted by molar-refractivity contribution is -0.0493. The van der Waals surface area contributed by atoms with Crippen LogP contribution in [-0.2, 0) is 19.4 Å². The number of alkyl halides is 2. The molecule has 7 heteroatoms. The van der Waals surface area contributed by atoms with Gasteiger partial charge < -0.3 is 14.5 Å². The number of oxazole rings is 1. The third kappa shape index (κ3) is 3.32. The summed E-state index contributed by atoms with van der Waals surface area (Å²) >= 11 is 5.90. The number of fused-ring (bicyclic) bond motifs is 1. The van der Waals surface area contributed by atoms with Crippen LogP contribution in [0.2, 0.25) is 5.02 Å². The SMILES string of the molecule is FC(F)Oc1c(Cl)cccc1NCc1nc2c(o1)CCCC2. The Hall–Kier alpha value is -1.82. The molecule has 0 atom stereocenters. The molecule has 4 nitrogen and oxygen atoms in total. The highest BCUT2D eigenvalue weighted by molar-refractivity contribution is 6.32. The summed E-state index contributed by atoms with van der Waals surface area (Å²) in [4.78, 5) is 4.43. The maximum absolute atomic E-state index is 12.5. The summed E-state index contributed by atoms with van der Waals surface area (Å²) < 4.78 is 35.1. The minimum Gasteiger partial charge on any atom is -0.443 e. The van der Waals surface area contributed by atoms with Gasteiger partial charge in [-0.1, -0.05) is 17.7 Å². The van der Waals surface area contributed by atoms with Crippen molar-refractivity contribution in [1.29, 1.82) is 0 Å². The summed E-state index contributed by atoms with van der Waals surface area (Å²) in [6.45, 7) is -2.65. The molecule has 0 radical (unpaired) electrons. The molecule has 1 heterocycles. The Morgan fingerprint density at radius 2 is 2.14 bits per heavy atom. The lowest BCUT2D eigenvalue weighted by Gasteiger charge is -2.13. The van der Waals surface area contributed by atoms with Crippen LogP contribution in [0.15, 0.2) is 22.6 Å². The van der Waals surface area contributed by atoms with E-state index in [1.54, 1.807) is 12.1 Å². The minimum absolute atomic E-state index is 0.0736. The third-order valence-corrected chi connectivity index (χ3v) is 3.79. The highest BCUT2D eigenvalue weighted by atomic mass is 35.5. The molecule has 0 bridgehead atoms. The molecule has 22 heavy (non-hydrogen) atoms. The van der Waals surface area contributed by atoms with Crippen LogP contribution in [0.5, 0.6) is 5.75 Å². The number of anilines is 1. The van der Waals surface area contributed by atoms with Crippen molar-refractivity contribution < 1.29 is 17.9 Å². The second kappa shape index (κ2) is 6.52. The zero-order chi connectivity index (χ0) is 15.5. The van der Waals surface area contributed by atoms with Crippen LogP contribution in [0.1, 0.15) is 30.2 Å². The first kappa shape index (κ1) is 15.1. The van der Waals surface area contributed by atoms with Crippen LogP contribution in [0.4, 0.5) is 14.5 Å². The predicted molar refractivity (Wildman–Crippen MR) is 78.6 cm³/mol. The van der Waals surface area contributed by atoms with E-state index in [1.807, 2.05) is 0 Å². The molecule has 0 fully saturated rings. The topological polar surface area (TPSA) is 47.3 Å². The van der Waals surface area contributed by atoms with Gasteiger partial charge in [0.2, 0.25) is 5.89 Å². The number of aromatic nitrogens is 1.